The molecule has 2 aromatic rings. The summed E-state index contributed by atoms with van der Waals surface area (Å²) in [5.41, 5.74) is 1.33. The lowest BCUT2D eigenvalue weighted by Gasteiger charge is -2.49. The number of carbonyl (C=O) groups is 1. The van der Waals surface area contributed by atoms with Gasteiger partial charge in [0.05, 0.1) is 10.6 Å². The molecule has 28 heavy (non-hydrogen) atoms. The molecule has 0 unspecified atom stereocenters. The second-order valence-electron chi connectivity index (χ2n) is 7.90. The lowest BCUT2D eigenvalue weighted by atomic mass is 9.75. The summed E-state index contributed by atoms with van der Waals surface area (Å²) in [6.45, 7) is 0.697. The fourth-order valence-electron chi connectivity index (χ4n) is 3.74. The zero-order valence-corrected chi connectivity index (χ0v) is 17.6. The highest BCUT2D eigenvalue weighted by Crippen LogP contribution is 2.36. The van der Waals surface area contributed by atoms with Crippen LogP contribution >= 0.6 is 0 Å². The van der Waals surface area contributed by atoms with Gasteiger partial charge in [0.15, 0.2) is 9.84 Å². The second kappa shape index (κ2) is 8.05. The van der Waals surface area contributed by atoms with Crippen molar-refractivity contribution in [2.24, 2.45) is 0 Å². The van der Waals surface area contributed by atoms with Gasteiger partial charge in [-0.2, -0.15) is 0 Å². The molecule has 0 spiro atoms. The van der Waals surface area contributed by atoms with Gasteiger partial charge >= 0.3 is 0 Å². The Bertz CT molecular complexity index is 918. The number of likely N-dealkylation sites (N-methyl/N-ethyl adjacent to an activating group) is 2. The summed E-state index contributed by atoms with van der Waals surface area (Å²) < 4.78 is 25.0. The molecule has 5 nitrogen and oxygen atoms in total. The standard InChI is InChI=1S/C22H28N2O3S/c1-23(2)22(14-7-15-22)17-24(3)21(25)19-12-10-18(11-13-19)16-28(26,27)20-8-5-4-6-9-20/h4-6,8-13H,7,14-17H2,1-3H3. The van der Waals surface area contributed by atoms with E-state index in [0.717, 1.165) is 12.8 Å². The van der Waals surface area contributed by atoms with Gasteiger partial charge in [-0.05, 0) is 63.2 Å². The fraction of sp³-hybridized carbons (Fsp3) is 0.409. The van der Waals surface area contributed by atoms with Gasteiger partial charge in [0.1, 0.15) is 0 Å². The minimum absolute atomic E-state index is 0.0365. The van der Waals surface area contributed by atoms with E-state index in [2.05, 4.69) is 19.0 Å². The maximum absolute atomic E-state index is 12.8. The summed E-state index contributed by atoms with van der Waals surface area (Å²) >= 11 is 0. The molecule has 2 aromatic carbocycles. The van der Waals surface area contributed by atoms with E-state index in [1.165, 1.54) is 6.42 Å². The van der Waals surface area contributed by atoms with E-state index >= 15 is 0 Å². The first-order chi connectivity index (χ1) is 13.2. The number of amides is 1. The third-order valence-electron chi connectivity index (χ3n) is 5.77. The zero-order chi connectivity index (χ0) is 20.4. The van der Waals surface area contributed by atoms with E-state index in [-0.39, 0.29) is 17.2 Å². The van der Waals surface area contributed by atoms with Crippen LogP contribution in [0.2, 0.25) is 0 Å². The van der Waals surface area contributed by atoms with Crippen molar-refractivity contribution in [3.8, 4) is 0 Å². The number of benzene rings is 2. The van der Waals surface area contributed by atoms with E-state index in [4.69, 9.17) is 0 Å². The molecule has 0 aromatic heterocycles. The molecule has 0 bridgehead atoms. The normalized spacial score (nSPS) is 15.9. The van der Waals surface area contributed by atoms with Gasteiger partial charge in [-0.1, -0.05) is 30.3 Å². The highest BCUT2D eigenvalue weighted by atomic mass is 32.2. The maximum Gasteiger partial charge on any atom is 0.253 e. The lowest BCUT2D eigenvalue weighted by molar-refractivity contribution is 0.0252. The largest absolute Gasteiger partial charge is 0.340 e. The first-order valence-electron chi connectivity index (χ1n) is 9.53. The molecular weight excluding hydrogens is 372 g/mol. The smallest absolute Gasteiger partial charge is 0.253 e. The molecule has 150 valence electrons. The predicted molar refractivity (Wildman–Crippen MR) is 111 cm³/mol. The molecule has 0 heterocycles. The maximum atomic E-state index is 12.8. The summed E-state index contributed by atoms with van der Waals surface area (Å²) in [4.78, 5) is 17.1. The molecule has 1 saturated carbocycles. The molecule has 1 fully saturated rings. The number of hydrogen-bond acceptors (Lipinski definition) is 4. The third-order valence-corrected chi connectivity index (χ3v) is 7.47. The SMILES string of the molecule is CN(CC1(N(C)C)CCC1)C(=O)c1ccc(CS(=O)(=O)c2ccccc2)cc1. The summed E-state index contributed by atoms with van der Waals surface area (Å²) in [5.74, 6) is -0.115. The molecule has 0 aliphatic heterocycles. The Morgan fingerprint density at radius 2 is 1.57 bits per heavy atom. The lowest BCUT2D eigenvalue weighted by Crippen LogP contribution is -2.57. The molecule has 1 amide bonds. The topological polar surface area (TPSA) is 57.7 Å². The van der Waals surface area contributed by atoms with Crippen molar-refractivity contribution in [3.05, 3.63) is 65.7 Å². The molecule has 1 aliphatic rings. The Morgan fingerprint density at radius 3 is 2.07 bits per heavy atom. The van der Waals surface area contributed by atoms with Gasteiger partial charge in [-0.25, -0.2) is 8.42 Å². The Labute approximate surface area is 167 Å². The molecule has 3 rings (SSSR count). The number of rotatable bonds is 7. The van der Waals surface area contributed by atoms with Crippen molar-refractivity contribution < 1.29 is 13.2 Å². The van der Waals surface area contributed by atoms with E-state index in [1.54, 1.807) is 59.5 Å². The van der Waals surface area contributed by atoms with Gasteiger partial charge in [0.25, 0.3) is 5.91 Å². The average molecular weight is 401 g/mol. The quantitative estimate of drug-likeness (QED) is 0.716. The van der Waals surface area contributed by atoms with E-state index in [9.17, 15) is 13.2 Å². The molecule has 0 radical (unpaired) electrons. The molecule has 6 heteroatoms. The highest BCUT2D eigenvalue weighted by Gasteiger charge is 2.40. The molecule has 0 atom stereocenters. The first-order valence-corrected chi connectivity index (χ1v) is 11.2. The summed E-state index contributed by atoms with van der Waals surface area (Å²) in [6.07, 6.45) is 3.41. The average Bonchev–Trinajstić information content (AvgIpc) is 2.64. The van der Waals surface area contributed by atoms with E-state index in [0.29, 0.717) is 22.6 Å². The van der Waals surface area contributed by atoms with Crippen molar-refractivity contribution in [3.63, 3.8) is 0 Å². The van der Waals surface area contributed by atoms with Crippen LogP contribution in [0.25, 0.3) is 0 Å². The summed E-state index contributed by atoms with van der Waals surface area (Å²) in [6, 6.07) is 15.3. The monoisotopic (exact) mass is 400 g/mol. The van der Waals surface area contributed by atoms with Crippen LogP contribution in [0.1, 0.15) is 35.2 Å². The molecule has 0 N–H and O–H groups in total. The summed E-state index contributed by atoms with van der Waals surface area (Å²) in [7, 11) is 2.58. The number of sulfone groups is 1. The Morgan fingerprint density at radius 1 is 0.964 bits per heavy atom. The van der Waals surface area contributed by atoms with Crippen molar-refractivity contribution in [1.29, 1.82) is 0 Å². The van der Waals surface area contributed by atoms with Crippen LogP contribution in [0.3, 0.4) is 0 Å². The molecular formula is C22H28N2O3S. The van der Waals surface area contributed by atoms with Crippen LogP contribution in [0.5, 0.6) is 0 Å². The van der Waals surface area contributed by atoms with Gasteiger partial charge < -0.3 is 9.80 Å². The summed E-state index contributed by atoms with van der Waals surface area (Å²) in [5, 5.41) is 0. The van der Waals surface area contributed by atoms with Gasteiger partial charge in [0, 0.05) is 24.7 Å². The Balaban J connectivity index is 1.67. The third kappa shape index (κ3) is 4.28. The van der Waals surface area contributed by atoms with Crippen molar-refractivity contribution >= 4 is 15.7 Å². The molecule has 0 saturated heterocycles. The van der Waals surface area contributed by atoms with Crippen molar-refractivity contribution in [2.45, 2.75) is 35.4 Å². The van der Waals surface area contributed by atoms with Gasteiger partial charge in [-0.3, -0.25) is 4.79 Å². The van der Waals surface area contributed by atoms with Crippen molar-refractivity contribution in [1.82, 2.24) is 9.80 Å². The minimum atomic E-state index is -3.39. The van der Waals surface area contributed by atoms with Gasteiger partial charge in [0.2, 0.25) is 0 Å². The Kier molecular flexibility index (Phi) is 5.91. The van der Waals surface area contributed by atoms with Crippen molar-refractivity contribution in [2.75, 3.05) is 27.7 Å². The first kappa shape index (κ1) is 20.6. The van der Waals surface area contributed by atoms with Crippen LogP contribution in [-0.2, 0) is 15.6 Å². The van der Waals surface area contributed by atoms with E-state index in [1.807, 2.05) is 7.05 Å². The number of carbonyl (C=O) groups excluding carboxylic acids is 1. The number of hydrogen-bond donors (Lipinski definition) is 0. The zero-order valence-electron chi connectivity index (χ0n) is 16.8. The molecule has 1 aliphatic carbocycles. The van der Waals surface area contributed by atoms with Crippen LogP contribution in [-0.4, -0.2) is 57.4 Å². The van der Waals surface area contributed by atoms with Crippen LogP contribution in [0.15, 0.2) is 59.5 Å². The van der Waals surface area contributed by atoms with E-state index < -0.39 is 9.84 Å². The highest BCUT2D eigenvalue weighted by molar-refractivity contribution is 7.90. The van der Waals surface area contributed by atoms with Gasteiger partial charge in [-0.15, -0.1) is 0 Å². The Hall–Kier alpha value is -2.18. The number of nitrogens with zero attached hydrogens (tertiary/aromatic N) is 2. The predicted octanol–water partition coefficient (Wildman–Crippen LogP) is 3.22. The van der Waals surface area contributed by atoms with Crippen LogP contribution in [0, 0.1) is 0 Å². The van der Waals surface area contributed by atoms with Crippen LogP contribution in [0.4, 0.5) is 0 Å². The second-order valence-corrected chi connectivity index (χ2v) is 9.89. The van der Waals surface area contributed by atoms with Crippen LogP contribution < -0.4 is 0 Å². The minimum Gasteiger partial charge on any atom is -0.340 e. The fourth-order valence-corrected chi connectivity index (χ4v) is 5.11.